The van der Waals surface area contributed by atoms with Crippen molar-refractivity contribution >= 4 is 5.91 Å². The van der Waals surface area contributed by atoms with Crippen molar-refractivity contribution in [1.29, 1.82) is 0 Å². The third kappa shape index (κ3) is 4.05. The summed E-state index contributed by atoms with van der Waals surface area (Å²) in [4.78, 5) is 11.7. The molecule has 0 aliphatic carbocycles. The van der Waals surface area contributed by atoms with Crippen LogP contribution in [0.1, 0.15) is 15.9 Å². The third-order valence-corrected chi connectivity index (χ3v) is 2.32. The van der Waals surface area contributed by atoms with Gasteiger partial charge in [0, 0.05) is 17.7 Å². The number of nitrogens with one attached hydrogen (secondary N) is 1. The maximum absolute atomic E-state index is 11.7. The van der Waals surface area contributed by atoms with E-state index in [1.54, 1.807) is 19.1 Å². The number of phenols is 1. The van der Waals surface area contributed by atoms with E-state index in [4.69, 9.17) is 9.84 Å². The lowest BCUT2D eigenvalue weighted by Gasteiger charge is -2.08. The number of amides is 1. The third-order valence-electron chi connectivity index (χ3n) is 2.32. The Morgan fingerprint density at radius 1 is 1.41 bits per heavy atom. The summed E-state index contributed by atoms with van der Waals surface area (Å²) < 4.78 is 5.01. The zero-order chi connectivity index (χ0) is 12.7. The number of aromatic hydroxyl groups is 1. The van der Waals surface area contributed by atoms with E-state index in [9.17, 15) is 9.90 Å². The van der Waals surface area contributed by atoms with Crippen molar-refractivity contribution in [1.82, 2.24) is 5.32 Å². The van der Waals surface area contributed by atoms with Crippen LogP contribution in [0.2, 0.25) is 0 Å². The van der Waals surface area contributed by atoms with E-state index >= 15 is 0 Å². The average Bonchev–Trinajstić information content (AvgIpc) is 2.32. The number of aliphatic hydroxyl groups excluding tert-OH is 1. The van der Waals surface area contributed by atoms with Crippen LogP contribution in [0, 0.1) is 6.92 Å². The standard InChI is InChI=1S/C12H17NO4/c1-9-10(3-2-4-11(9)15)12(16)13-5-7-17-8-6-14/h2-4,14-15H,5-8H2,1H3,(H,13,16). The highest BCUT2D eigenvalue weighted by atomic mass is 16.5. The number of benzene rings is 1. The minimum atomic E-state index is -0.244. The molecule has 3 N–H and O–H groups in total. The lowest BCUT2D eigenvalue weighted by molar-refractivity contribution is 0.0837. The minimum absolute atomic E-state index is 0.0282. The van der Waals surface area contributed by atoms with Crippen LogP contribution in [0.5, 0.6) is 5.75 Å². The number of carbonyl (C=O) groups is 1. The first kappa shape index (κ1) is 13.5. The molecule has 1 rings (SSSR count). The highest BCUT2D eigenvalue weighted by Crippen LogP contribution is 2.19. The fraction of sp³-hybridized carbons (Fsp3) is 0.417. The van der Waals surface area contributed by atoms with Crippen molar-refractivity contribution in [2.75, 3.05) is 26.4 Å². The molecule has 0 unspecified atom stereocenters. The van der Waals surface area contributed by atoms with Gasteiger partial charge in [-0.3, -0.25) is 4.79 Å². The van der Waals surface area contributed by atoms with E-state index in [1.807, 2.05) is 0 Å². The average molecular weight is 239 g/mol. The maximum atomic E-state index is 11.7. The van der Waals surface area contributed by atoms with Gasteiger partial charge in [0.2, 0.25) is 0 Å². The Bertz CT molecular complexity index is 379. The number of carbonyl (C=O) groups excluding carboxylic acids is 1. The molecule has 1 aromatic carbocycles. The fourth-order valence-electron chi connectivity index (χ4n) is 1.37. The molecule has 0 radical (unpaired) electrons. The SMILES string of the molecule is Cc1c(O)cccc1C(=O)NCCOCCO. The monoisotopic (exact) mass is 239 g/mol. The molecule has 0 atom stereocenters. The van der Waals surface area contributed by atoms with Crippen molar-refractivity contribution in [3.63, 3.8) is 0 Å². The number of phenolic OH excluding ortho intramolecular Hbond substituents is 1. The molecule has 0 spiro atoms. The smallest absolute Gasteiger partial charge is 0.251 e. The molecule has 0 aliphatic heterocycles. The Labute approximate surface area is 100 Å². The molecule has 17 heavy (non-hydrogen) atoms. The van der Waals surface area contributed by atoms with Crippen molar-refractivity contribution in [2.24, 2.45) is 0 Å². The quantitative estimate of drug-likeness (QED) is 0.629. The summed E-state index contributed by atoms with van der Waals surface area (Å²) in [5, 5.41) is 20.6. The summed E-state index contributed by atoms with van der Waals surface area (Å²) in [6.45, 7) is 2.64. The van der Waals surface area contributed by atoms with Gasteiger partial charge >= 0.3 is 0 Å². The summed E-state index contributed by atoms with van der Waals surface area (Å²) in [6, 6.07) is 4.81. The zero-order valence-corrected chi connectivity index (χ0v) is 9.77. The van der Waals surface area contributed by atoms with E-state index in [0.717, 1.165) is 0 Å². The summed E-state index contributed by atoms with van der Waals surface area (Å²) >= 11 is 0. The highest BCUT2D eigenvalue weighted by Gasteiger charge is 2.10. The van der Waals surface area contributed by atoms with Gasteiger partial charge in [-0.15, -0.1) is 0 Å². The van der Waals surface area contributed by atoms with Crippen LogP contribution in [-0.4, -0.2) is 42.5 Å². The van der Waals surface area contributed by atoms with Crippen LogP contribution < -0.4 is 5.32 Å². The minimum Gasteiger partial charge on any atom is -0.508 e. The molecule has 0 heterocycles. The summed E-state index contributed by atoms with van der Waals surface area (Å²) in [6.07, 6.45) is 0. The highest BCUT2D eigenvalue weighted by molar-refractivity contribution is 5.96. The number of aliphatic hydroxyl groups is 1. The first-order chi connectivity index (χ1) is 8.16. The normalized spacial score (nSPS) is 10.2. The Morgan fingerprint density at radius 3 is 2.88 bits per heavy atom. The largest absolute Gasteiger partial charge is 0.508 e. The topological polar surface area (TPSA) is 78.8 Å². The molecule has 0 saturated heterocycles. The molecular formula is C12H17NO4. The lowest BCUT2D eigenvalue weighted by Crippen LogP contribution is -2.28. The van der Waals surface area contributed by atoms with Gasteiger partial charge in [-0.05, 0) is 19.1 Å². The molecule has 1 amide bonds. The second-order valence-corrected chi connectivity index (χ2v) is 3.54. The lowest BCUT2D eigenvalue weighted by atomic mass is 10.1. The summed E-state index contributed by atoms with van der Waals surface area (Å²) in [5.74, 6) is -0.139. The van der Waals surface area contributed by atoms with Crippen molar-refractivity contribution in [2.45, 2.75) is 6.92 Å². The molecule has 5 nitrogen and oxygen atoms in total. The van der Waals surface area contributed by atoms with E-state index in [1.165, 1.54) is 6.07 Å². The Kier molecular flexibility index (Phi) is 5.45. The zero-order valence-electron chi connectivity index (χ0n) is 9.77. The molecule has 0 fully saturated rings. The van der Waals surface area contributed by atoms with E-state index in [-0.39, 0.29) is 24.9 Å². The number of rotatable bonds is 6. The fourth-order valence-corrected chi connectivity index (χ4v) is 1.37. The van der Waals surface area contributed by atoms with Gasteiger partial charge < -0.3 is 20.3 Å². The van der Waals surface area contributed by atoms with Gasteiger partial charge in [0.1, 0.15) is 5.75 Å². The van der Waals surface area contributed by atoms with Gasteiger partial charge in [-0.2, -0.15) is 0 Å². The van der Waals surface area contributed by atoms with Gasteiger partial charge in [-0.25, -0.2) is 0 Å². The van der Waals surface area contributed by atoms with Crippen LogP contribution in [0.3, 0.4) is 0 Å². The number of ether oxygens (including phenoxy) is 1. The van der Waals surface area contributed by atoms with Gasteiger partial charge in [0.05, 0.1) is 19.8 Å². The van der Waals surface area contributed by atoms with Crippen LogP contribution in [-0.2, 0) is 4.74 Å². The second kappa shape index (κ2) is 6.88. The van der Waals surface area contributed by atoms with Crippen LogP contribution >= 0.6 is 0 Å². The Hall–Kier alpha value is -1.59. The van der Waals surface area contributed by atoms with E-state index < -0.39 is 0 Å². The van der Waals surface area contributed by atoms with Crippen molar-refractivity contribution in [3.05, 3.63) is 29.3 Å². The predicted octanol–water partition coefficient (Wildman–Crippen LogP) is 0.439. The molecule has 0 bridgehead atoms. The second-order valence-electron chi connectivity index (χ2n) is 3.54. The molecule has 5 heteroatoms. The van der Waals surface area contributed by atoms with Crippen LogP contribution in [0.25, 0.3) is 0 Å². The molecule has 0 saturated carbocycles. The van der Waals surface area contributed by atoms with Gasteiger partial charge in [-0.1, -0.05) is 6.07 Å². The Balaban J connectivity index is 2.44. The van der Waals surface area contributed by atoms with E-state index in [0.29, 0.717) is 24.3 Å². The Morgan fingerprint density at radius 2 is 2.18 bits per heavy atom. The van der Waals surface area contributed by atoms with Gasteiger partial charge in [0.25, 0.3) is 5.91 Å². The van der Waals surface area contributed by atoms with Crippen molar-refractivity contribution in [3.8, 4) is 5.75 Å². The molecule has 0 aromatic heterocycles. The van der Waals surface area contributed by atoms with Crippen LogP contribution in [0.15, 0.2) is 18.2 Å². The van der Waals surface area contributed by atoms with Crippen LogP contribution in [0.4, 0.5) is 0 Å². The first-order valence-corrected chi connectivity index (χ1v) is 5.42. The molecule has 94 valence electrons. The van der Waals surface area contributed by atoms with Crippen molar-refractivity contribution < 1.29 is 19.7 Å². The maximum Gasteiger partial charge on any atom is 0.251 e. The summed E-state index contributed by atoms with van der Waals surface area (Å²) in [7, 11) is 0. The van der Waals surface area contributed by atoms with E-state index in [2.05, 4.69) is 5.32 Å². The number of hydrogen-bond acceptors (Lipinski definition) is 4. The number of hydrogen-bond donors (Lipinski definition) is 3. The predicted molar refractivity (Wildman–Crippen MR) is 63.1 cm³/mol. The van der Waals surface area contributed by atoms with Gasteiger partial charge in [0.15, 0.2) is 0 Å². The summed E-state index contributed by atoms with van der Waals surface area (Å²) in [5.41, 5.74) is 1.01. The molecule has 1 aromatic rings. The molecule has 0 aliphatic rings. The molecular weight excluding hydrogens is 222 g/mol. The first-order valence-electron chi connectivity index (χ1n) is 5.42.